The Morgan fingerprint density at radius 2 is 2.09 bits per heavy atom. The van der Waals surface area contributed by atoms with Crippen LogP contribution in [-0.4, -0.2) is 71.7 Å². The minimum Gasteiger partial charge on any atom is -0.352 e. The number of likely N-dealkylation sites (N-methyl/N-ethyl adjacent to an activating group) is 1. The van der Waals surface area contributed by atoms with Crippen LogP contribution in [0.15, 0.2) is 6.07 Å². The van der Waals surface area contributed by atoms with Crippen LogP contribution in [0.4, 0.5) is 5.82 Å². The van der Waals surface area contributed by atoms with Crippen LogP contribution < -0.4 is 4.90 Å². The molecule has 2 aliphatic heterocycles. The van der Waals surface area contributed by atoms with Crippen LogP contribution in [0.3, 0.4) is 0 Å². The van der Waals surface area contributed by atoms with Crippen molar-refractivity contribution < 1.29 is 4.79 Å². The summed E-state index contributed by atoms with van der Waals surface area (Å²) >= 11 is 0. The summed E-state index contributed by atoms with van der Waals surface area (Å²) in [6.45, 7) is 4.79. The smallest absolute Gasteiger partial charge is 0.222 e. The predicted molar refractivity (Wildman–Crippen MR) is 88.5 cm³/mol. The molecule has 0 atom stereocenters. The molecule has 0 N–H and O–H groups in total. The lowest BCUT2D eigenvalue weighted by molar-refractivity contribution is -0.127. The fourth-order valence-electron chi connectivity index (χ4n) is 3.79. The molecule has 0 radical (unpaired) electrons. The van der Waals surface area contributed by atoms with Crippen LogP contribution in [0.1, 0.15) is 30.5 Å². The van der Waals surface area contributed by atoms with Crippen LogP contribution in [0.25, 0.3) is 0 Å². The molecular weight excluding hydrogens is 290 g/mol. The number of amides is 1. The fourth-order valence-corrected chi connectivity index (χ4v) is 3.79. The van der Waals surface area contributed by atoms with Crippen molar-refractivity contribution >= 4 is 11.7 Å². The fraction of sp³-hybridized carbons (Fsp3) is 0.706. The topological polar surface area (TPSA) is 52.6 Å². The minimum absolute atomic E-state index is 0.321. The zero-order valence-corrected chi connectivity index (χ0v) is 13.9. The van der Waals surface area contributed by atoms with Crippen molar-refractivity contribution in [2.45, 2.75) is 38.1 Å². The monoisotopic (exact) mass is 315 g/mol. The first-order chi connectivity index (χ1) is 11.2. The molecule has 0 unspecified atom stereocenters. The lowest BCUT2D eigenvalue weighted by Gasteiger charge is -2.44. The van der Waals surface area contributed by atoms with Gasteiger partial charge in [0.1, 0.15) is 0 Å². The van der Waals surface area contributed by atoms with E-state index < -0.39 is 0 Å². The van der Waals surface area contributed by atoms with Crippen LogP contribution >= 0.6 is 0 Å². The third kappa shape index (κ3) is 2.92. The average molecular weight is 315 g/mol. The van der Waals surface area contributed by atoms with Crippen molar-refractivity contribution in [1.29, 1.82) is 0 Å². The van der Waals surface area contributed by atoms with E-state index in [1.54, 1.807) is 0 Å². The van der Waals surface area contributed by atoms with Crippen molar-refractivity contribution in [2.24, 2.45) is 0 Å². The highest BCUT2D eigenvalue weighted by Gasteiger charge is 2.32. The molecule has 1 aromatic rings. The van der Waals surface area contributed by atoms with Crippen molar-refractivity contribution in [3.05, 3.63) is 17.3 Å². The van der Waals surface area contributed by atoms with Gasteiger partial charge in [0, 0.05) is 45.2 Å². The number of hydrogen-bond acceptors (Lipinski definition) is 5. The Labute approximate surface area is 137 Å². The van der Waals surface area contributed by atoms with Crippen molar-refractivity contribution in [3.8, 4) is 0 Å². The van der Waals surface area contributed by atoms with E-state index in [2.05, 4.69) is 33.1 Å². The van der Waals surface area contributed by atoms with Crippen LogP contribution in [0.5, 0.6) is 0 Å². The number of fused-ring (bicyclic) bond motifs is 1. The van der Waals surface area contributed by atoms with E-state index >= 15 is 0 Å². The summed E-state index contributed by atoms with van der Waals surface area (Å²) in [6, 6.07) is 2.79. The molecule has 3 heterocycles. The van der Waals surface area contributed by atoms with Gasteiger partial charge in [-0.25, -0.2) is 0 Å². The van der Waals surface area contributed by atoms with E-state index in [4.69, 9.17) is 0 Å². The summed E-state index contributed by atoms with van der Waals surface area (Å²) in [6.07, 6.45) is 5.21. The van der Waals surface area contributed by atoms with E-state index in [-0.39, 0.29) is 0 Å². The van der Waals surface area contributed by atoms with Crippen molar-refractivity contribution in [1.82, 2.24) is 20.0 Å². The van der Waals surface area contributed by atoms with Gasteiger partial charge in [-0.15, -0.1) is 5.10 Å². The first-order valence-electron chi connectivity index (χ1n) is 8.79. The Morgan fingerprint density at radius 1 is 1.22 bits per heavy atom. The second-order valence-electron chi connectivity index (χ2n) is 7.05. The standard InChI is InChI=1S/C17H25N5O/c1-20(8-9-21-7-3-6-17(21)23)14-11-22(12-14)16-10-13-4-2-5-15(13)18-19-16/h10,14H,2-9,11-12H2,1H3. The molecule has 2 fully saturated rings. The second kappa shape index (κ2) is 6.07. The predicted octanol–water partition coefficient (Wildman–Crippen LogP) is 0.708. The second-order valence-corrected chi connectivity index (χ2v) is 7.05. The van der Waals surface area contributed by atoms with E-state index in [0.717, 1.165) is 64.2 Å². The minimum atomic E-state index is 0.321. The zero-order valence-electron chi connectivity index (χ0n) is 13.9. The first-order valence-corrected chi connectivity index (χ1v) is 8.79. The van der Waals surface area contributed by atoms with Gasteiger partial charge in [-0.05, 0) is 44.4 Å². The molecule has 23 heavy (non-hydrogen) atoms. The number of aryl methyl sites for hydroxylation is 2. The molecule has 6 nitrogen and oxygen atoms in total. The van der Waals surface area contributed by atoms with Crippen LogP contribution in [-0.2, 0) is 17.6 Å². The normalized spacial score (nSPS) is 21.2. The van der Waals surface area contributed by atoms with Gasteiger partial charge in [0.15, 0.2) is 5.82 Å². The summed E-state index contributed by atoms with van der Waals surface area (Å²) in [4.78, 5) is 18.3. The SMILES string of the molecule is CN(CCN1CCCC1=O)C1CN(c2cc3c(nn2)CCC3)C1. The number of likely N-dealkylation sites (tertiary alicyclic amines) is 1. The molecule has 6 heteroatoms. The summed E-state index contributed by atoms with van der Waals surface area (Å²) in [5.74, 6) is 1.35. The van der Waals surface area contributed by atoms with Crippen LogP contribution in [0, 0.1) is 0 Å². The van der Waals surface area contributed by atoms with Crippen molar-refractivity contribution in [2.75, 3.05) is 44.7 Å². The average Bonchev–Trinajstić information content (AvgIpc) is 3.11. The number of rotatable bonds is 5. The molecule has 2 saturated heterocycles. The quantitative estimate of drug-likeness (QED) is 0.801. The summed E-state index contributed by atoms with van der Waals surface area (Å²) < 4.78 is 0. The number of anilines is 1. The van der Waals surface area contributed by atoms with Gasteiger partial charge in [-0.3, -0.25) is 9.69 Å². The van der Waals surface area contributed by atoms with Gasteiger partial charge in [0.25, 0.3) is 0 Å². The number of hydrogen-bond donors (Lipinski definition) is 0. The summed E-state index contributed by atoms with van der Waals surface area (Å²) in [5, 5.41) is 8.77. The molecule has 0 bridgehead atoms. The lowest BCUT2D eigenvalue weighted by Crippen LogP contribution is -2.59. The molecule has 3 aliphatic rings. The Bertz CT molecular complexity index is 599. The van der Waals surface area contributed by atoms with Gasteiger partial charge in [0.05, 0.1) is 5.69 Å². The third-order valence-corrected chi connectivity index (χ3v) is 5.51. The molecule has 0 aromatic carbocycles. The van der Waals surface area contributed by atoms with Gasteiger partial charge in [-0.2, -0.15) is 5.10 Å². The third-order valence-electron chi connectivity index (χ3n) is 5.51. The van der Waals surface area contributed by atoms with Crippen molar-refractivity contribution in [3.63, 3.8) is 0 Å². The van der Waals surface area contributed by atoms with E-state index in [1.807, 2.05) is 4.90 Å². The molecular formula is C17H25N5O. The highest BCUT2D eigenvalue weighted by molar-refractivity contribution is 5.78. The first kappa shape index (κ1) is 14.9. The Kier molecular flexibility index (Phi) is 3.93. The maximum Gasteiger partial charge on any atom is 0.222 e. The molecule has 124 valence electrons. The maximum absolute atomic E-state index is 11.7. The summed E-state index contributed by atoms with van der Waals surface area (Å²) in [7, 11) is 2.16. The largest absolute Gasteiger partial charge is 0.352 e. The Hall–Kier alpha value is -1.69. The molecule has 1 aliphatic carbocycles. The van der Waals surface area contributed by atoms with Gasteiger partial charge in [-0.1, -0.05) is 0 Å². The van der Waals surface area contributed by atoms with E-state index in [1.165, 1.54) is 17.7 Å². The Morgan fingerprint density at radius 3 is 2.87 bits per heavy atom. The molecule has 4 rings (SSSR count). The number of carbonyl (C=O) groups excluding carboxylic acids is 1. The molecule has 1 aromatic heterocycles. The van der Waals surface area contributed by atoms with Gasteiger partial charge < -0.3 is 9.80 Å². The molecule has 1 amide bonds. The van der Waals surface area contributed by atoms with Crippen LogP contribution in [0.2, 0.25) is 0 Å². The van der Waals surface area contributed by atoms with E-state index in [9.17, 15) is 4.79 Å². The Balaban J connectivity index is 1.26. The van der Waals surface area contributed by atoms with Gasteiger partial charge >= 0.3 is 0 Å². The van der Waals surface area contributed by atoms with E-state index in [0.29, 0.717) is 11.9 Å². The van der Waals surface area contributed by atoms with Gasteiger partial charge in [0.2, 0.25) is 5.91 Å². The zero-order chi connectivity index (χ0) is 15.8. The lowest BCUT2D eigenvalue weighted by atomic mass is 10.1. The maximum atomic E-state index is 11.7. The highest BCUT2D eigenvalue weighted by atomic mass is 16.2. The summed E-state index contributed by atoms with van der Waals surface area (Å²) in [5.41, 5.74) is 2.58. The number of aromatic nitrogens is 2. The number of nitrogens with zero attached hydrogens (tertiary/aromatic N) is 5. The number of carbonyl (C=O) groups is 1. The molecule has 0 saturated carbocycles. The molecule has 0 spiro atoms. The highest BCUT2D eigenvalue weighted by Crippen LogP contribution is 2.26.